The quantitative estimate of drug-likeness (QED) is 0.271. The van der Waals surface area contributed by atoms with E-state index >= 15 is 0 Å². The van der Waals surface area contributed by atoms with Crippen LogP contribution < -0.4 is 0 Å². The fourth-order valence-corrected chi connectivity index (χ4v) is 1.24. The summed E-state index contributed by atoms with van der Waals surface area (Å²) in [5.74, 6) is -0.651. The molecule has 5 N–H and O–H groups in total. The van der Waals surface area contributed by atoms with Crippen LogP contribution in [0, 0.1) is 0 Å². The minimum atomic E-state index is -1.79. The van der Waals surface area contributed by atoms with Gasteiger partial charge in [0.05, 0.1) is 11.0 Å². The molecule has 0 amide bonds. The summed E-state index contributed by atoms with van der Waals surface area (Å²) in [7, 11) is 0. The highest BCUT2D eigenvalue weighted by Crippen LogP contribution is 2.06. The van der Waals surface area contributed by atoms with Crippen LogP contribution in [0.25, 0.3) is 0 Å². The van der Waals surface area contributed by atoms with Crippen molar-refractivity contribution in [2.75, 3.05) is 11.0 Å². The van der Waals surface area contributed by atoms with Crippen LogP contribution in [-0.4, -0.2) is 66.8 Å². The lowest BCUT2D eigenvalue weighted by Crippen LogP contribution is -2.48. The Morgan fingerprint density at radius 2 is 1.64 bits per heavy atom. The minimum absolute atomic E-state index is 0.0159. The van der Waals surface area contributed by atoms with Crippen molar-refractivity contribution in [1.82, 2.24) is 0 Å². The fraction of sp³-hybridized carbons (Fsp3) is 0.857. The van der Waals surface area contributed by atoms with E-state index in [-0.39, 0.29) is 4.43 Å². The van der Waals surface area contributed by atoms with Gasteiger partial charge in [-0.2, -0.15) is 0 Å². The Hall–Kier alpha value is 0.200. The normalized spacial score (nSPS) is 19.9. The molecular weight excluding hydrogens is 307 g/mol. The molecule has 0 aliphatic carbocycles. The van der Waals surface area contributed by atoms with Crippen LogP contribution in [0.15, 0.2) is 0 Å². The Morgan fingerprint density at radius 3 is 2.00 bits per heavy atom. The van der Waals surface area contributed by atoms with Gasteiger partial charge in [0.2, 0.25) is 0 Å². The second-order valence-electron chi connectivity index (χ2n) is 2.78. The number of aliphatic hydroxyl groups excluding tert-OH is 5. The van der Waals surface area contributed by atoms with Gasteiger partial charge in [-0.1, -0.05) is 22.6 Å². The van der Waals surface area contributed by atoms with E-state index in [1.54, 1.807) is 22.6 Å². The highest BCUT2D eigenvalue weighted by molar-refractivity contribution is 14.1. The third-order valence-electron chi connectivity index (χ3n) is 1.72. The number of alkyl halides is 1. The second-order valence-corrected chi connectivity index (χ2v) is 3.54. The number of halogens is 1. The molecule has 0 aromatic heterocycles. The fourth-order valence-electron chi connectivity index (χ4n) is 0.792. The number of rotatable bonds is 6. The molecule has 0 aromatic carbocycles. The maximum Gasteiger partial charge on any atom is 0.173 e. The number of aliphatic hydroxyl groups is 5. The molecule has 7 heteroatoms. The van der Waals surface area contributed by atoms with Crippen molar-refractivity contribution in [2.45, 2.75) is 24.4 Å². The third kappa shape index (κ3) is 3.75. The van der Waals surface area contributed by atoms with Gasteiger partial charge in [0, 0.05) is 0 Å². The molecule has 0 radical (unpaired) electrons. The van der Waals surface area contributed by atoms with Crippen molar-refractivity contribution in [3.8, 4) is 0 Å². The van der Waals surface area contributed by atoms with Gasteiger partial charge in [0.25, 0.3) is 0 Å². The van der Waals surface area contributed by atoms with E-state index in [4.69, 9.17) is 20.4 Å². The molecule has 0 spiro atoms. The minimum Gasteiger partial charge on any atom is -0.394 e. The largest absolute Gasteiger partial charge is 0.394 e. The summed E-state index contributed by atoms with van der Waals surface area (Å²) < 4.78 is -0.0159. The zero-order valence-electron chi connectivity index (χ0n) is 7.25. The molecule has 0 bridgehead atoms. The van der Waals surface area contributed by atoms with Crippen LogP contribution in [0.2, 0.25) is 0 Å². The molecule has 0 aliphatic rings. The summed E-state index contributed by atoms with van der Waals surface area (Å²) in [6.07, 6.45) is -6.87. The summed E-state index contributed by atoms with van der Waals surface area (Å²) in [5.41, 5.74) is 0. The summed E-state index contributed by atoms with van der Waals surface area (Å²) in [6, 6.07) is 0. The van der Waals surface area contributed by atoms with E-state index in [0.717, 1.165) is 0 Å². The van der Waals surface area contributed by atoms with E-state index in [2.05, 4.69) is 0 Å². The molecule has 6 nitrogen and oxygen atoms in total. The van der Waals surface area contributed by atoms with Gasteiger partial charge in [-0.15, -0.1) is 0 Å². The topological polar surface area (TPSA) is 118 Å². The number of carbonyl (C=O) groups is 1. The van der Waals surface area contributed by atoms with Crippen LogP contribution >= 0.6 is 22.6 Å². The highest BCUT2D eigenvalue weighted by atomic mass is 127. The van der Waals surface area contributed by atoms with Crippen molar-refractivity contribution in [1.29, 1.82) is 0 Å². The molecule has 4 atom stereocenters. The third-order valence-corrected chi connectivity index (χ3v) is 2.47. The predicted molar refractivity (Wildman–Crippen MR) is 55.0 cm³/mol. The monoisotopic (exact) mass is 320 g/mol. The lowest BCUT2D eigenvalue weighted by Gasteiger charge is -2.24. The Kier molecular flexibility index (Phi) is 6.74. The summed E-state index contributed by atoms with van der Waals surface area (Å²) in [5, 5.41) is 44.8. The zero-order chi connectivity index (χ0) is 11.3. The number of hydrogen-bond acceptors (Lipinski definition) is 6. The van der Waals surface area contributed by atoms with Gasteiger partial charge in [-0.3, -0.25) is 4.79 Å². The standard InChI is InChI=1S/C7H13IO6/c8-1-3(10)5(12)7(14)6(13)4(11)2-9/h4-7,9,11-14H,1-2H2/t4-,5-,6-,7-/m1/s1. The first kappa shape index (κ1) is 14.2. The van der Waals surface area contributed by atoms with Gasteiger partial charge in [0.15, 0.2) is 5.78 Å². The van der Waals surface area contributed by atoms with Crippen molar-refractivity contribution >= 4 is 28.4 Å². The average Bonchev–Trinajstić information content (AvgIpc) is 2.23. The Labute approximate surface area is 94.3 Å². The molecule has 84 valence electrons. The molecule has 0 aliphatic heterocycles. The van der Waals surface area contributed by atoms with Crippen molar-refractivity contribution in [2.24, 2.45) is 0 Å². The van der Waals surface area contributed by atoms with Crippen LogP contribution in [0.4, 0.5) is 0 Å². The highest BCUT2D eigenvalue weighted by Gasteiger charge is 2.33. The van der Waals surface area contributed by atoms with E-state index in [1.807, 2.05) is 0 Å². The van der Waals surface area contributed by atoms with Crippen LogP contribution in [0.5, 0.6) is 0 Å². The molecule has 0 heterocycles. The number of carbonyl (C=O) groups excluding carboxylic acids is 1. The van der Waals surface area contributed by atoms with Crippen LogP contribution in [0.1, 0.15) is 0 Å². The maximum absolute atomic E-state index is 10.9. The van der Waals surface area contributed by atoms with E-state index in [1.165, 1.54) is 0 Å². The van der Waals surface area contributed by atoms with Gasteiger partial charge in [-0.25, -0.2) is 0 Å². The molecule has 14 heavy (non-hydrogen) atoms. The SMILES string of the molecule is O=C(CI)[C@@H](O)[C@@H](O)[C@H](O)[C@H](O)CO. The van der Waals surface area contributed by atoms with E-state index in [0.29, 0.717) is 0 Å². The summed E-state index contributed by atoms with van der Waals surface area (Å²) in [6.45, 7) is -0.761. The molecule has 0 rings (SSSR count). The van der Waals surface area contributed by atoms with Gasteiger partial charge in [-0.05, 0) is 0 Å². The smallest absolute Gasteiger partial charge is 0.173 e. The molecule has 0 aromatic rings. The summed E-state index contributed by atoms with van der Waals surface area (Å²) in [4.78, 5) is 10.9. The Morgan fingerprint density at radius 1 is 1.14 bits per heavy atom. The number of ketones is 1. The number of hydrogen-bond donors (Lipinski definition) is 5. The van der Waals surface area contributed by atoms with Gasteiger partial charge in [0.1, 0.15) is 24.4 Å². The van der Waals surface area contributed by atoms with Crippen molar-refractivity contribution in [3.05, 3.63) is 0 Å². The van der Waals surface area contributed by atoms with Crippen LogP contribution in [-0.2, 0) is 4.79 Å². The number of Topliss-reactive ketones (excluding diaryl/α,β-unsaturated/α-hetero) is 1. The molecule has 0 unspecified atom stereocenters. The molecular formula is C7H13IO6. The average molecular weight is 320 g/mol. The Bertz CT molecular complexity index is 187. The van der Waals surface area contributed by atoms with Gasteiger partial charge >= 0.3 is 0 Å². The predicted octanol–water partition coefficient (Wildman–Crippen LogP) is -2.57. The molecule has 0 saturated heterocycles. The van der Waals surface area contributed by atoms with E-state index in [9.17, 15) is 9.90 Å². The Balaban J connectivity index is 4.30. The maximum atomic E-state index is 10.9. The first-order valence-electron chi connectivity index (χ1n) is 3.87. The van der Waals surface area contributed by atoms with E-state index < -0.39 is 36.8 Å². The lowest BCUT2D eigenvalue weighted by molar-refractivity contribution is -0.144. The summed E-state index contributed by atoms with van der Waals surface area (Å²) >= 11 is 1.70. The second kappa shape index (κ2) is 6.64. The first-order valence-corrected chi connectivity index (χ1v) is 5.40. The molecule has 0 saturated carbocycles. The van der Waals surface area contributed by atoms with Crippen LogP contribution in [0.3, 0.4) is 0 Å². The first-order chi connectivity index (χ1) is 6.45. The van der Waals surface area contributed by atoms with Crippen molar-refractivity contribution in [3.63, 3.8) is 0 Å². The van der Waals surface area contributed by atoms with Gasteiger partial charge < -0.3 is 25.5 Å². The lowest BCUT2D eigenvalue weighted by atomic mass is 10.0. The van der Waals surface area contributed by atoms with Crippen molar-refractivity contribution < 1.29 is 30.3 Å². The molecule has 0 fully saturated rings. The zero-order valence-corrected chi connectivity index (χ0v) is 9.40.